The number of hydrogen-bond acceptors (Lipinski definition) is 8. The number of benzene rings is 1. The first kappa shape index (κ1) is 25.6. The first-order chi connectivity index (χ1) is 15.4. The molecule has 33 heavy (non-hydrogen) atoms. The molecule has 178 valence electrons. The van der Waals surface area contributed by atoms with Crippen molar-refractivity contribution in [1.29, 1.82) is 0 Å². The molecule has 0 aliphatic carbocycles. The van der Waals surface area contributed by atoms with Crippen LogP contribution in [0.15, 0.2) is 41.4 Å². The Morgan fingerprint density at radius 1 is 1.24 bits per heavy atom. The Kier molecular flexibility index (Phi) is 8.11. The highest BCUT2D eigenvalue weighted by Crippen LogP contribution is 2.33. The van der Waals surface area contributed by atoms with Gasteiger partial charge in [-0.25, -0.2) is 9.97 Å². The van der Waals surface area contributed by atoms with Gasteiger partial charge in [-0.3, -0.25) is 9.35 Å². The van der Waals surface area contributed by atoms with Gasteiger partial charge in [-0.1, -0.05) is 30.0 Å². The molecular weight excluding hydrogens is 499 g/mol. The highest BCUT2D eigenvalue weighted by Gasteiger charge is 2.35. The second-order valence-corrected chi connectivity index (χ2v) is 10.7. The average Bonchev–Trinajstić information content (AvgIpc) is 3.41. The van der Waals surface area contributed by atoms with E-state index < -0.39 is 22.1 Å². The molecule has 0 unspecified atom stereocenters. The third-order valence-corrected chi connectivity index (χ3v) is 6.81. The molecule has 2 aromatic heterocycles. The van der Waals surface area contributed by atoms with Crippen molar-refractivity contribution in [3.63, 3.8) is 0 Å². The van der Waals surface area contributed by atoms with Crippen molar-refractivity contribution in [2.75, 3.05) is 25.1 Å². The van der Waals surface area contributed by atoms with Crippen LogP contribution >= 0.6 is 23.1 Å². The number of para-hydroxylation sites is 1. The molecule has 3 heterocycles. The van der Waals surface area contributed by atoms with E-state index in [4.69, 9.17) is 4.55 Å². The standard InChI is InChI=1S/C19H16F3N3OS2.CH4O3S/c20-19(21,22)18-24-13-4-2-1-3-12(13)17(25-18)27-10-14(26)16-6-5-15(28-16)11-7-8-23-9-11;1-5(2,3)4/h1-6,11,23H,7-10H2;1H3,(H,2,3,4)/t11-;/m1./s1. The minimum atomic E-state index is -4.64. The quantitative estimate of drug-likeness (QED) is 0.223. The second kappa shape index (κ2) is 10.5. The van der Waals surface area contributed by atoms with Crippen molar-refractivity contribution in [3.05, 3.63) is 52.0 Å². The summed E-state index contributed by atoms with van der Waals surface area (Å²) in [5, 5.41) is 3.98. The van der Waals surface area contributed by atoms with Crippen LogP contribution in [-0.4, -0.2) is 53.8 Å². The van der Waals surface area contributed by atoms with Crippen molar-refractivity contribution in [1.82, 2.24) is 15.3 Å². The summed E-state index contributed by atoms with van der Waals surface area (Å²) in [6.07, 6.45) is -2.87. The fourth-order valence-electron chi connectivity index (χ4n) is 3.11. The predicted octanol–water partition coefficient (Wildman–Crippen LogP) is 4.27. The zero-order valence-corrected chi connectivity index (χ0v) is 19.7. The van der Waals surface area contributed by atoms with Crippen LogP contribution in [0.5, 0.6) is 0 Å². The maximum atomic E-state index is 13.1. The maximum absolute atomic E-state index is 13.1. The third kappa shape index (κ3) is 7.47. The summed E-state index contributed by atoms with van der Waals surface area (Å²) < 4.78 is 65.2. The monoisotopic (exact) mass is 519 g/mol. The Morgan fingerprint density at radius 3 is 2.58 bits per heavy atom. The van der Waals surface area contributed by atoms with Crippen LogP contribution < -0.4 is 5.32 Å². The van der Waals surface area contributed by atoms with E-state index in [1.165, 1.54) is 22.3 Å². The van der Waals surface area contributed by atoms with Gasteiger partial charge in [0.15, 0.2) is 5.78 Å². The molecule has 7 nitrogen and oxygen atoms in total. The van der Waals surface area contributed by atoms with Crippen LogP contribution in [0.25, 0.3) is 10.9 Å². The number of rotatable bonds is 5. The molecule has 1 saturated heterocycles. The Hall–Kier alpha value is -2.06. The van der Waals surface area contributed by atoms with Gasteiger partial charge in [-0.15, -0.1) is 11.3 Å². The lowest BCUT2D eigenvalue weighted by Gasteiger charge is -2.10. The molecule has 1 fully saturated rings. The summed E-state index contributed by atoms with van der Waals surface area (Å²) in [5.74, 6) is -0.836. The van der Waals surface area contributed by atoms with Gasteiger partial charge in [-0.2, -0.15) is 21.6 Å². The number of Topliss-reactive ketones (excluding diaryl/α,β-unsaturated/α-hetero) is 1. The molecule has 2 N–H and O–H groups in total. The van der Waals surface area contributed by atoms with E-state index >= 15 is 0 Å². The number of thioether (sulfide) groups is 1. The first-order valence-corrected chi connectivity index (χ1v) is 13.3. The van der Waals surface area contributed by atoms with E-state index in [1.807, 2.05) is 6.07 Å². The summed E-state index contributed by atoms with van der Waals surface area (Å²) in [4.78, 5) is 21.6. The molecular formula is C20H20F3N3O4S3. The molecule has 0 spiro atoms. The third-order valence-electron chi connectivity index (χ3n) is 4.53. The highest BCUT2D eigenvalue weighted by atomic mass is 32.2. The maximum Gasteiger partial charge on any atom is 0.451 e. The lowest BCUT2D eigenvalue weighted by atomic mass is 10.1. The first-order valence-electron chi connectivity index (χ1n) is 9.64. The Bertz CT molecular complexity index is 1230. The van der Waals surface area contributed by atoms with E-state index in [-0.39, 0.29) is 22.1 Å². The summed E-state index contributed by atoms with van der Waals surface area (Å²) in [6, 6.07) is 10.3. The smallest absolute Gasteiger partial charge is 0.316 e. The summed E-state index contributed by atoms with van der Waals surface area (Å²) >= 11 is 2.49. The molecule has 4 rings (SSSR count). The molecule has 13 heteroatoms. The zero-order chi connectivity index (χ0) is 24.2. The molecule has 0 bridgehead atoms. The number of alkyl halides is 3. The van der Waals surface area contributed by atoms with Gasteiger partial charge in [0.05, 0.1) is 22.4 Å². The second-order valence-electron chi connectivity index (χ2n) is 7.20. The summed E-state index contributed by atoms with van der Waals surface area (Å²) in [7, 11) is -3.67. The van der Waals surface area contributed by atoms with Gasteiger partial charge in [0, 0.05) is 22.7 Å². The highest BCUT2D eigenvalue weighted by molar-refractivity contribution is 8.00. The number of halogens is 3. The number of hydrogen-bond donors (Lipinski definition) is 2. The fraction of sp³-hybridized carbons (Fsp3) is 0.350. The van der Waals surface area contributed by atoms with E-state index in [9.17, 15) is 26.4 Å². The van der Waals surface area contributed by atoms with Gasteiger partial charge in [0.25, 0.3) is 10.1 Å². The predicted molar refractivity (Wildman–Crippen MR) is 122 cm³/mol. The number of nitrogens with one attached hydrogen (secondary N) is 1. The minimum absolute atomic E-state index is 0.0289. The number of aromatic nitrogens is 2. The SMILES string of the molecule is CS(=O)(=O)O.O=C(CSc1nc(C(F)(F)F)nc2ccccc12)c1ccc([C@@H]2CCNC2)s1. The molecule has 1 aliphatic heterocycles. The van der Waals surface area contributed by atoms with Crippen molar-refractivity contribution >= 4 is 49.9 Å². The average molecular weight is 520 g/mol. The minimum Gasteiger partial charge on any atom is -0.316 e. The van der Waals surface area contributed by atoms with E-state index in [0.29, 0.717) is 22.4 Å². The molecule has 0 radical (unpaired) electrons. The van der Waals surface area contributed by atoms with Crippen molar-refractivity contribution in [2.45, 2.75) is 23.5 Å². The Morgan fingerprint density at radius 2 is 1.94 bits per heavy atom. The van der Waals surface area contributed by atoms with Crippen molar-refractivity contribution in [3.8, 4) is 0 Å². The van der Waals surface area contributed by atoms with Gasteiger partial charge >= 0.3 is 6.18 Å². The van der Waals surface area contributed by atoms with Gasteiger partial charge in [0.1, 0.15) is 5.03 Å². The van der Waals surface area contributed by atoms with Crippen LogP contribution in [0.4, 0.5) is 13.2 Å². The van der Waals surface area contributed by atoms with Gasteiger partial charge in [-0.05, 0) is 31.2 Å². The number of carbonyl (C=O) groups is 1. The normalized spacial score (nSPS) is 16.5. The number of thiophene rings is 1. The van der Waals surface area contributed by atoms with Crippen LogP contribution in [0.3, 0.4) is 0 Å². The van der Waals surface area contributed by atoms with Gasteiger partial charge in [0.2, 0.25) is 5.82 Å². The Labute approximate surface area is 196 Å². The Balaban J connectivity index is 0.000000555. The van der Waals surface area contributed by atoms with Crippen LogP contribution in [0.2, 0.25) is 0 Å². The largest absolute Gasteiger partial charge is 0.451 e. The molecule has 1 atom stereocenters. The number of fused-ring (bicyclic) bond motifs is 1. The van der Waals surface area contributed by atoms with Crippen LogP contribution in [-0.2, 0) is 16.3 Å². The number of carbonyl (C=O) groups excluding carboxylic acids is 1. The fourth-order valence-corrected chi connectivity index (χ4v) is 5.18. The molecule has 0 saturated carbocycles. The molecule has 1 aliphatic rings. The van der Waals surface area contributed by atoms with Gasteiger partial charge < -0.3 is 5.32 Å². The summed E-state index contributed by atoms with van der Waals surface area (Å²) in [6.45, 7) is 1.89. The lowest BCUT2D eigenvalue weighted by Crippen LogP contribution is -2.12. The van der Waals surface area contributed by atoms with Crippen molar-refractivity contribution in [2.24, 2.45) is 0 Å². The summed E-state index contributed by atoms with van der Waals surface area (Å²) in [5.41, 5.74) is 0.215. The number of ketones is 1. The molecule has 1 aromatic carbocycles. The van der Waals surface area contributed by atoms with Crippen LogP contribution in [0.1, 0.15) is 32.7 Å². The molecule has 3 aromatic rings. The van der Waals surface area contributed by atoms with Crippen molar-refractivity contribution < 1.29 is 30.9 Å². The zero-order valence-electron chi connectivity index (χ0n) is 17.3. The van der Waals surface area contributed by atoms with Crippen LogP contribution in [0, 0.1) is 0 Å². The van der Waals surface area contributed by atoms with E-state index in [1.54, 1.807) is 24.3 Å². The number of nitrogens with zero attached hydrogens (tertiary/aromatic N) is 2. The van der Waals surface area contributed by atoms with E-state index in [0.717, 1.165) is 31.3 Å². The topological polar surface area (TPSA) is 109 Å². The van der Waals surface area contributed by atoms with E-state index in [2.05, 4.69) is 15.3 Å². The molecule has 0 amide bonds. The lowest BCUT2D eigenvalue weighted by molar-refractivity contribution is -0.145.